The molecule has 21 heavy (non-hydrogen) atoms. The first-order valence-corrected chi connectivity index (χ1v) is 7.24. The lowest BCUT2D eigenvalue weighted by molar-refractivity contribution is -0.128. The molecule has 0 fully saturated rings. The third-order valence-electron chi connectivity index (χ3n) is 3.60. The molecule has 0 saturated heterocycles. The van der Waals surface area contributed by atoms with Crippen LogP contribution >= 0.6 is 0 Å². The average molecular weight is 294 g/mol. The lowest BCUT2D eigenvalue weighted by Crippen LogP contribution is -2.55. The predicted molar refractivity (Wildman–Crippen MR) is 83.2 cm³/mol. The summed E-state index contributed by atoms with van der Waals surface area (Å²) in [6.07, 6.45) is 0. The highest BCUT2D eigenvalue weighted by Crippen LogP contribution is 2.14. The van der Waals surface area contributed by atoms with Gasteiger partial charge < -0.3 is 20.5 Å². The van der Waals surface area contributed by atoms with Crippen LogP contribution in [-0.4, -0.2) is 37.8 Å². The number of amides is 1. The SMILES string of the molecule is CC(C)C(C)(CN)NC(=O)COCCOc1ccccc1. The fourth-order valence-electron chi connectivity index (χ4n) is 1.69. The standard InChI is InChI=1S/C16H26N2O3/c1-13(2)16(3,12-17)18-15(19)11-20-9-10-21-14-7-5-4-6-8-14/h4-8,13H,9-12,17H2,1-3H3,(H,18,19). The van der Waals surface area contributed by atoms with E-state index in [0.717, 1.165) is 5.75 Å². The van der Waals surface area contributed by atoms with Gasteiger partial charge in [-0.1, -0.05) is 32.0 Å². The zero-order chi connectivity index (χ0) is 15.7. The maximum atomic E-state index is 11.8. The Balaban J connectivity index is 2.19. The summed E-state index contributed by atoms with van der Waals surface area (Å²) in [7, 11) is 0. The lowest BCUT2D eigenvalue weighted by atomic mass is 9.88. The normalized spacial score (nSPS) is 13.8. The summed E-state index contributed by atoms with van der Waals surface area (Å²) < 4.78 is 10.8. The zero-order valence-electron chi connectivity index (χ0n) is 13.1. The topological polar surface area (TPSA) is 73.6 Å². The summed E-state index contributed by atoms with van der Waals surface area (Å²) in [6.45, 7) is 7.18. The van der Waals surface area contributed by atoms with E-state index in [9.17, 15) is 4.79 Å². The number of hydrogen-bond donors (Lipinski definition) is 2. The second kappa shape index (κ2) is 8.64. The van der Waals surface area contributed by atoms with Crippen LogP contribution in [0.5, 0.6) is 5.75 Å². The molecule has 0 spiro atoms. The third-order valence-corrected chi connectivity index (χ3v) is 3.60. The van der Waals surface area contributed by atoms with E-state index < -0.39 is 5.54 Å². The highest BCUT2D eigenvalue weighted by atomic mass is 16.5. The van der Waals surface area contributed by atoms with E-state index in [2.05, 4.69) is 5.32 Å². The number of carbonyl (C=O) groups is 1. The quantitative estimate of drug-likeness (QED) is 0.678. The predicted octanol–water partition coefficient (Wildman–Crippen LogP) is 1.57. The van der Waals surface area contributed by atoms with Gasteiger partial charge in [-0.05, 0) is 25.0 Å². The minimum Gasteiger partial charge on any atom is -0.491 e. The molecule has 118 valence electrons. The highest BCUT2D eigenvalue weighted by Gasteiger charge is 2.28. The van der Waals surface area contributed by atoms with Crippen LogP contribution in [0.15, 0.2) is 30.3 Å². The first kappa shape index (κ1) is 17.5. The molecule has 1 rings (SSSR count). The Morgan fingerprint density at radius 3 is 2.52 bits per heavy atom. The molecule has 1 unspecified atom stereocenters. The van der Waals surface area contributed by atoms with Crippen LogP contribution in [0.1, 0.15) is 20.8 Å². The van der Waals surface area contributed by atoms with Crippen LogP contribution < -0.4 is 15.8 Å². The van der Waals surface area contributed by atoms with Gasteiger partial charge in [0.05, 0.1) is 12.1 Å². The molecule has 1 aromatic carbocycles. The van der Waals surface area contributed by atoms with Crippen molar-refractivity contribution in [3.8, 4) is 5.75 Å². The number of para-hydroxylation sites is 1. The Hall–Kier alpha value is -1.59. The lowest BCUT2D eigenvalue weighted by Gasteiger charge is -2.33. The fourth-order valence-corrected chi connectivity index (χ4v) is 1.69. The first-order valence-electron chi connectivity index (χ1n) is 7.24. The Morgan fingerprint density at radius 2 is 1.95 bits per heavy atom. The largest absolute Gasteiger partial charge is 0.491 e. The number of nitrogens with one attached hydrogen (secondary N) is 1. The Labute approximate surface area is 126 Å². The molecule has 0 aliphatic rings. The molecule has 1 atom stereocenters. The second-order valence-electron chi connectivity index (χ2n) is 5.54. The monoisotopic (exact) mass is 294 g/mol. The molecule has 5 heteroatoms. The molecule has 5 nitrogen and oxygen atoms in total. The van der Waals surface area contributed by atoms with Crippen LogP contribution in [0.2, 0.25) is 0 Å². The van der Waals surface area contributed by atoms with Crippen molar-refractivity contribution in [3.05, 3.63) is 30.3 Å². The molecule has 0 aliphatic carbocycles. The van der Waals surface area contributed by atoms with Gasteiger partial charge in [0.25, 0.3) is 0 Å². The summed E-state index contributed by atoms with van der Waals surface area (Å²) in [6, 6.07) is 9.49. The Kier molecular flexibility index (Phi) is 7.19. The maximum Gasteiger partial charge on any atom is 0.246 e. The van der Waals surface area contributed by atoms with Gasteiger partial charge in [-0.25, -0.2) is 0 Å². The van der Waals surface area contributed by atoms with E-state index in [1.807, 2.05) is 51.1 Å². The van der Waals surface area contributed by atoms with E-state index in [1.54, 1.807) is 0 Å². The van der Waals surface area contributed by atoms with Crippen molar-refractivity contribution >= 4 is 5.91 Å². The van der Waals surface area contributed by atoms with Crippen molar-refractivity contribution < 1.29 is 14.3 Å². The van der Waals surface area contributed by atoms with Gasteiger partial charge in [0.15, 0.2) is 0 Å². The highest BCUT2D eigenvalue weighted by molar-refractivity contribution is 5.78. The van der Waals surface area contributed by atoms with Crippen molar-refractivity contribution in [2.75, 3.05) is 26.4 Å². The minimum absolute atomic E-state index is 0.0143. The van der Waals surface area contributed by atoms with Gasteiger partial charge in [-0.15, -0.1) is 0 Å². The van der Waals surface area contributed by atoms with Crippen molar-refractivity contribution in [2.45, 2.75) is 26.3 Å². The zero-order valence-corrected chi connectivity index (χ0v) is 13.1. The Morgan fingerprint density at radius 1 is 1.29 bits per heavy atom. The van der Waals surface area contributed by atoms with Crippen molar-refractivity contribution in [2.24, 2.45) is 11.7 Å². The van der Waals surface area contributed by atoms with E-state index >= 15 is 0 Å². The first-order chi connectivity index (χ1) is 9.98. The number of benzene rings is 1. The average Bonchev–Trinajstić information content (AvgIpc) is 2.47. The van der Waals surface area contributed by atoms with E-state index in [-0.39, 0.29) is 18.4 Å². The Bertz CT molecular complexity index is 423. The molecule has 1 aromatic rings. The molecule has 0 bridgehead atoms. The van der Waals surface area contributed by atoms with Crippen molar-refractivity contribution in [1.82, 2.24) is 5.32 Å². The fraction of sp³-hybridized carbons (Fsp3) is 0.562. The van der Waals surface area contributed by atoms with Crippen LogP contribution in [0.4, 0.5) is 0 Å². The number of hydrogen-bond acceptors (Lipinski definition) is 4. The second-order valence-corrected chi connectivity index (χ2v) is 5.54. The summed E-state index contributed by atoms with van der Waals surface area (Å²) in [5.74, 6) is 0.894. The summed E-state index contributed by atoms with van der Waals surface area (Å²) in [4.78, 5) is 11.8. The minimum atomic E-state index is -0.402. The van der Waals surface area contributed by atoms with Crippen LogP contribution in [0.3, 0.4) is 0 Å². The molecule has 0 radical (unpaired) electrons. The maximum absolute atomic E-state index is 11.8. The molecular formula is C16H26N2O3. The molecule has 1 amide bonds. The number of carbonyl (C=O) groups excluding carboxylic acids is 1. The van der Waals surface area contributed by atoms with Crippen LogP contribution in [0.25, 0.3) is 0 Å². The number of ether oxygens (including phenoxy) is 2. The smallest absolute Gasteiger partial charge is 0.246 e. The van der Waals surface area contributed by atoms with Gasteiger partial charge in [-0.3, -0.25) is 4.79 Å². The molecule has 0 aromatic heterocycles. The van der Waals surface area contributed by atoms with Crippen LogP contribution in [-0.2, 0) is 9.53 Å². The van der Waals surface area contributed by atoms with Crippen molar-refractivity contribution in [3.63, 3.8) is 0 Å². The van der Waals surface area contributed by atoms with Gasteiger partial charge >= 0.3 is 0 Å². The number of rotatable bonds is 9. The van der Waals surface area contributed by atoms with Gasteiger partial charge in [0.2, 0.25) is 5.91 Å². The molecular weight excluding hydrogens is 268 g/mol. The van der Waals surface area contributed by atoms with Crippen LogP contribution in [0, 0.1) is 5.92 Å². The number of nitrogens with two attached hydrogens (primary N) is 1. The van der Waals surface area contributed by atoms with Gasteiger partial charge in [0.1, 0.15) is 19.0 Å². The molecule has 0 aliphatic heterocycles. The third kappa shape index (κ3) is 6.14. The van der Waals surface area contributed by atoms with Gasteiger partial charge in [-0.2, -0.15) is 0 Å². The van der Waals surface area contributed by atoms with E-state index in [1.165, 1.54) is 0 Å². The van der Waals surface area contributed by atoms with Gasteiger partial charge in [0, 0.05) is 6.54 Å². The summed E-state index contributed by atoms with van der Waals surface area (Å²) in [5, 5.41) is 2.92. The van der Waals surface area contributed by atoms with Crippen molar-refractivity contribution in [1.29, 1.82) is 0 Å². The molecule has 0 saturated carbocycles. The molecule has 0 heterocycles. The molecule has 3 N–H and O–H groups in total. The van der Waals surface area contributed by atoms with E-state index in [0.29, 0.717) is 19.8 Å². The van der Waals surface area contributed by atoms with E-state index in [4.69, 9.17) is 15.2 Å². The summed E-state index contributed by atoms with van der Waals surface area (Å²) in [5.41, 5.74) is 5.32. The summed E-state index contributed by atoms with van der Waals surface area (Å²) >= 11 is 0.